The highest BCUT2D eigenvalue weighted by Gasteiger charge is 2.22. The Morgan fingerprint density at radius 3 is 2.75 bits per heavy atom. The highest BCUT2D eigenvalue weighted by atomic mass is 19.1. The van der Waals surface area contributed by atoms with Gasteiger partial charge in [-0.1, -0.05) is 6.92 Å². The van der Waals surface area contributed by atoms with Crippen molar-refractivity contribution in [1.82, 2.24) is 0 Å². The van der Waals surface area contributed by atoms with Crippen molar-refractivity contribution in [1.29, 1.82) is 0 Å². The van der Waals surface area contributed by atoms with Gasteiger partial charge in [0.05, 0.1) is 12.7 Å². The first kappa shape index (κ1) is 6.02. The molecule has 1 aliphatic heterocycles. The summed E-state index contributed by atoms with van der Waals surface area (Å²) >= 11 is 0. The van der Waals surface area contributed by atoms with Crippen LogP contribution in [0.25, 0.3) is 0 Å². The maximum absolute atomic E-state index is 12.2. The summed E-state index contributed by atoms with van der Waals surface area (Å²) in [5, 5.41) is 0. The van der Waals surface area contributed by atoms with Crippen molar-refractivity contribution in [2.75, 3.05) is 6.61 Å². The fourth-order valence-corrected chi connectivity index (χ4v) is 0.946. The monoisotopic (exact) mass is 118 g/mol. The molecule has 48 valence electrons. The minimum atomic E-state index is -0.694. The molecule has 0 aliphatic carbocycles. The Morgan fingerprint density at radius 2 is 2.50 bits per heavy atom. The van der Waals surface area contributed by atoms with E-state index in [1.807, 2.05) is 6.92 Å². The molecule has 0 bridgehead atoms. The van der Waals surface area contributed by atoms with Gasteiger partial charge in [0.2, 0.25) is 0 Å². The van der Waals surface area contributed by atoms with Crippen LogP contribution < -0.4 is 0 Å². The Hall–Kier alpha value is -0.110. The lowest BCUT2D eigenvalue weighted by Gasteiger charge is -2.00. The third-order valence-electron chi connectivity index (χ3n) is 1.49. The smallest absolute Gasteiger partial charge is 0.126 e. The van der Waals surface area contributed by atoms with Gasteiger partial charge in [0.25, 0.3) is 0 Å². The summed E-state index contributed by atoms with van der Waals surface area (Å²) < 4.78 is 17.3. The van der Waals surface area contributed by atoms with E-state index in [2.05, 4.69) is 0 Å². The highest BCUT2D eigenvalue weighted by Crippen LogP contribution is 2.17. The molecular formula is C6H11FO. The summed E-state index contributed by atoms with van der Waals surface area (Å²) in [7, 11) is 0. The first-order valence-electron chi connectivity index (χ1n) is 3.08. The third kappa shape index (κ3) is 1.19. The molecule has 1 nitrogen and oxygen atoms in total. The van der Waals surface area contributed by atoms with Crippen LogP contribution >= 0.6 is 0 Å². The number of ether oxygens (including phenoxy) is 1. The summed E-state index contributed by atoms with van der Waals surface area (Å²) in [6.07, 6.45) is 1.06. The van der Waals surface area contributed by atoms with E-state index in [0.717, 1.165) is 6.42 Å². The molecule has 0 unspecified atom stereocenters. The molecule has 0 saturated carbocycles. The van der Waals surface area contributed by atoms with Gasteiger partial charge in [0, 0.05) is 6.42 Å². The lowest BCUT2D eigenvalue weighted by Crippen LogP contribution is -2.01. The normalized spacial score (nSPS) is 38.2. The lowest BCUT2D eigenvalue weighted by atomic mass is 10.2. The molecule has 0 spiro atoms. The van der Waals surface area contributed by atoms with Crippen molar-refractivity contribution in [2.45, 2.75) is 32.0 Å². The van der Waals surface area contributed by atoms with Crippen LogP contribution in [-0.4, -0.2) is 18.9 Å². The van der Waals surface area contributed by atoms with E-state index in [0.29, 0.717) is 13.0 Å². The van der Waals surface area contributed by atoms with Gasteiger partial charge >= 0.3 is 0 Å². The first-order valence-corrected chi connectivity index (χ1v) is 3.08. The van der Waals surface area contributed by atoms with Crippen LogP contribution in [0.5, 0.6) is 0 Å². The van der Waals surface area contributed by atoms with Crippen molar-refractivity contribution in [3.05, 3.63) is 0 Å². The van der Waals surface area contributed by atoms with Gasteiger partial charge < -0.3 is 4.74 Å². The molecule has 0 amide bonds. The Balaban J connectivity index is 2.22. The van der Waals surface area contributed by atoms with E-state index in [4.69, 9.17) is 4.74 Å². The first-order chi connectivity index (χ1) is 3.83. The molecule has 0 aromatic rings. The molecule has 1 saturated heterocycles. The van der Waals surface area contributed by atoms with E-state index in [1.54, 1.807) is 0 Å². The molecule has 1 heterocycles. The van der Waals surface area contributed by atoms with Gasteiger partial charge in [-0.3, -0.25) is 0 Å². The molecule has 0 aromatic carbocycles. The molecule has 1 rings (SSSR count). The van der Waals surface area contributed by atoms with Crippen LogP contribution in [0.15, 0.2) is 0 Å². The quantitative estimate of drug-likeness (QED) is 0.507. The second kappa shape index (κ2) is 2.44. The molecule has 1 aliphatic rings. The van der Waals surface area contributed by atoms with Gasteiger partial charge in [-0.05, 0) is 6.42 Å². The number of hydrogen-bond donors (Lipinski definition) is 0. The molecule has 1 fully saturated rings. The van der Waals surface area contributed by atoms with E-state index in [9.17, 15) is 4.39 Å². The molecule has 2 atom stereocenters. The highest BCUT2D eigenvalue weighted by molar-refractivity contribution is 4.70. The minimum absolute atomic E-state index is 0.199. The Bertz CT molecular complexity index is 74.9. The Kier molecular flexibility index (Phi) is 1.84. The second-order valence-electron chi connectivity index (χ2n) is 2.20. The van der Waals surface area contributed by atoms with E-state index >= 15 is 0 Å². The van der Waals surface area contributed by atoms with Gasteiger partial charge in [-0.25, -0.2) is 4.39 Å². The van der Waals surface area contributed by atoms with Crippen molar-refractivity contribution in [3.63, 3.8) is 0 Å². The van der Waals surface area contributed by atoms with E-state index in [1.165, 1.54) is 0 Å². The van der Waals surface area contributed by atoms with Gasteiger partial charge in [-0.15, -0.1) is 0 Å². The zero-order valence-corrected chi connectivity index (χ0v) is 5.06. The van der Waals surface area contributed by atoms with Gasteiger partial charge in [0.1, 0.15) is 6.17 Å². The van der Waals surface area contributed by atoms with Crippen LogP contribution in [0.1, 0.15) is 19.8 Å². The molecule has 0 N–H and O–H groups in total. The summed E-state index contributed by atoms with van der Waals surface area (Å²) in [4.78, 5) is 0. The zero-order valence-electron chi connectivity index (χ0n) is 5.06. The van der Waals surface area contributed by atoms with Crippen molar-refractivity contribution < 1.29 is 9.13 Å². The predicted molar refractivity (Wildman–Crippen MR) is 29.5 cm³/mol. The topological polar surface area (TPSA) is 9.23 Å². The number of halogens is 1. The summed E-state index contributed by atoms with van der Waals surface area (Å²) in [6.45, 7) is 2.33. The van der Waals surface area contributed by atoms with E-state index in [-0.39, 0.29) is 6.10 Å². The Labute approximate surface area is 48.8 Å². The maximum Gasteiger partial charge on any atom is 0.126 e. The minimum Gasteiger partial charge on any atom is -0.375 e. The van der Waals surface area contributed by atoms with Gasteiger partial charge in [-0.2, -0.15) is 0 Å². The average Bonchev–Trinajstić information content (AvgIpc) is 2.14. The lowest BCUT2D eigenvalue weighted by molar-refractivity contribution is 0.101. The fraction of sp³-hybridized carbons (Fsp3) is 1.00. The molecule has 8 heavy (non-hydrogen) atoms. The van der Waals surface area contributed by atoms with Crippen LogP contribution in [0.3, 0.4) is 0 Å². The fourth-order valence-electron chi connectivity index (χ4n) is 0.946. The zero-order chi connectivity index (χ0) is 5.98. The van der Waals surface area contributed by atoms with Crippen LogP contribution in [-0.2, 0) is 4.74 Å². The molecule has 0 aromatic heterocycles. The summed E-state index contributed by atoms with van der Waals surface area (Å²) in [5.74, 6) is 0. The maximum atomic E-state index is 12.2. The number of rotatable bonds is 1. The number of hydrogen-bond acceptors (Lipinski definition) is 1. The van der Waals surface area contributed by atoms with Crippen LogP contribution in [0.4, 0.5) is 4.39 Å². The van der Waals surface area contributed by atoms with Gasteiger partial charge in [0.15, 0.2) is 0 Å². The van der Waals surface area contributed by atoms with E-state index < -0.39 is 6.17 Å². The van der Waals surface area contributed by atoms with Crippen LogP contribution in [0.2, 0.25) is 0 Å². The molecular weight excluding hydrogens is 107 g/mol. The predicted octanol–water partition coefficient (Wildman–Crippen LogP) is 1.52. The standard InChI is InChI=1S/C6H11FO/c1-2-6-3-5(7)4-8-6/h5-6H,2-4H2,1H3/t5-,6+/m1/s1. The second-order valence-corrected chi connectivity index (χ2v) is 2.20. The molecule has 0 radical (unpaired) electrons. The molecule has 2 heteroatoms. The average molecular weight is 118 g/mol. The van der Waals surface area contributed by atoms with Crippen LogP contribution in [0, 0.1) is 0 Å². The summed E-state index contributed by atoms with van der Waals surface area (Å²) in [6, 6.07) is 0. The van der Waals surface area contributed by atoms with Crippen molar-refractivity contribution in [3.8, 4) is 0 Å². The number of alkyl halides is 1. The Morgan fingerprint density at radius 1 is 1.75 bits per heavy atom. The summed E-state index contributed by atoms with van der Waals surface area (Å²) in [5.41, 5.74) is 0. The van der Waals surface area contributed by atoms with Crippen molar-refractivity contribution >= 4 is 0 Å². The third-order valence-corrected chi connectivity index (χ3v) is 1.49. The SMILES string of the molecule is CC[C@H]1C[C@@H](F)CO1. The van der Waals surface area contributed by atoms with Crippen molar-refractivity contribution in [2.24, 2.45) is 0 Å². The largest absolute Gasteiger partial charge is 0.375 e.